The third-order valence-corrected chi connectivity index (χ3v) is 2.71. The summed E-state index contributed by atoms with van der Waals surface area (Å²) >= 11 is 0. The van der Waals surface area contributed by atoms with Crippen molar-refractivity contribution in [1.82, 2.24) is 5.32 Å². The molecule has 1 unspecified atom stereocenters. The molecule has 0 saturated heterocycles. The molecule has 0 aliphatic heterocycles. The zero-order valence-electron chi connectivity index (χ0n) is 11.1. The number of nitrogens with one attached hydrogen (secondary N) is 1. The van der Waals surface area contributed by atoms with Crippen LogP contribution in [0.1, 0.15) is 26.3 Å². The minimum absolute atomic E-state index is 0.230. The molecule has 0 fully saturated rings. The summed E-state index contributed by atoms with van der Waals surface area (Å²) in [4.78, 5) is 0. The van der Waals surface area contributed by atoms with Crippen LogP contribution in [0, 0.1) is 11.7 Å². The van der Waals surface area contributed by atoms with Gasteiger partial charge < -0.3 is 10.1 Å². The van der Waals surface area contributed by atoms with Crippen molar-refractivity contribution in [1.29, 1.82) is 0 Å². The molecule has 2 nitrogen and oxygen atoms in total. The second-order valence-corrected chi connectivity index (χ2v) is 4.81. The predicted molar refractivity (Wildman–Crippen MR) is 69.0 cm³/mol. The van der Waals surface area contributed by atoms with E-state index in [9.17, 15) is 4.39 Å². The minimum Gasteiger partial charge on any atom is -0.494 e. The molecule has 1 aromatic rings. The van der Waals surface area contributed by atoms with Gasteiger partial charge in [-0.25, -0.2) is 4.39 Å². The number of hydrogen-bond donors (Lipinski definition) is 1. The standard InChI is InChI=1S/C14H22FNO/c1-10(2)16-9-11(3)8-12-6-5-7-13(17-4)14(12)15/h5-7,10-11,16H,8-9H2,1-4H3. The minimum atomic E-state index is -0.230. The first-order valence-corrected chi connectivity index (χ1v) is 6.09. The lowest BCUT2D eigenvalue weighted by Crippen LogP contribution is -2.28. The largest absolute Gasteiger partial charge is 0.494 e. The summed E-state index contributed by atoms with van der Waals surface area (Å²) < 4.78 is 18.9. The molecule has 1 N–H and O–H groups in total. The Bertz CT molecular complexity index is 352. The lowest BCUT2D eigenvalue weighted by Gasteiger charge is -2.16. The van der Waals surface area contributed by atoms with E-state index in [0.29, 0.717) is 17.7 Å². The summed E-state index contributed by atoms with van der Waals surface area (Å²) in [6, 6.07) is 5.77. The maximum atomic E-state index is 13.9. The molecule has 0 aromatic heterocycles. The molecule has 0 radical (unpaired) electrons. The molecule has 0 spiro atoms. The van der Waals surface area contributed by atoms with E-state index < -0.39 is 0 Å². The topological polar surface area (TPSA) is 21.3 Å². The molecule has 0 saturated carbocycles. The zero-order valence-corrected chi connectivity index (χ0v) is 11.1. The highest BCUT2D eigenvalue weighted by molar-refractivity contribution is 5.31. The molecule has 96 valence electrons. The van der Waals surface area contributed by atoms with Gasteiger partial charge in [-0.3, -0.25) is 0 Å². The monoisotopic (exact) mass is 239 g/mol. The zero-order chi connectivity index (χ0) is 12.8. The van der Waals surface area contributed by atoms with E-state index in [1.807, 2.05) is 12.1 Å². The maximum Gasteiger partial charge on any atom is 0.168 e. The number of benzene rings is 1. The summed E-state index contributed by atoms with van der Waals surface area (Å²) in [6.45, 7) is 7.24. The molecule has 0 aliphatic rings. The Morgan fingerprint density at radius 2 is 2.00 bits per heavy atom. The second kappa shape index (κ2) is 6.60. The molecule has 0 amide bonds. The Kier molecular flexibility index (Phi) is 5.42. The van der Waals surface area contributed by atoms with Gasteiger partial charge in [0.05, 0.1) is 7.11 Å². The van der Waals surface area contributed by atoms with Gasteiger partial charge in [-0.05, 0) is 30.5 Å². The Labute approximate surface area is 103 Å². The van der Waals surface area contributed by atoms with Crippen molar-refractivity contribution in [3.05, 3.63) is 29.6 Å². The summed E-state index contributed by atoms with van der Waals surface area (Å²) in [5.41, 5.74) is 0.724. The highest BCUT2D eigenvalue weighted by Gasteiger charge is 2.11. The van der Waals surface area contributed by atoms with Crippen molar-refractivity contribution in [2.45, 2.75) is 33.2 Å². The smallest absolute Gasteiger partial charge is 0.168 e. The van der Waals surface area contributed by atoms with Gasteiger partial charge in [-0.15, -0.1) is 0 Å². The second-order valence-electron chi connectivity index (χ2n) is 4.81. The van der Waals surface area contributed by atoms with Crippen LogP contribution in [0.25, 0.3) is 0 Å². The van der Waals surface area contributed by atoms with Crippen molar-refractivity contribution in [2.24, 2.45) is 5.92 Å². The molecule has 17 heavy (non-hydrogen) atoms. The number of rotatable bonds is 6. The maximum absolute atomic E-state index is 13.9. The van der Waals surface area contributed by atoms with Crippen LogP contribution in [0.3, 0.4) is 0 Å². The molecule has 1 aromatic carbocycles. The lowest BCUT2D eigenvalue weighted by molar-refractivity contribution is 0.381. The molecule has 0 heterocycles. The van der Waals surface area contributed by atoms with E-state index in [1.165, 1.54) is 7.11 Å². The van der Waals surface area contributed by atoms with E-state index in [4.69, 9.17) is 4.74 Å². The number of hydrogen-bond acceptors (Lipinski definition) is 2. The van der Waals surface area contributed by atoms with E-state index in [-0.39, 0.29) is 5.82 Å². The van der Waals surface area contributed by atoms with Crippen molar-refractivity contribution in [3.63, 3.8) is 0 Å². The van der Waals surface area contributed by atoms with Gasteiger partial charge in [0.1, 0.15) is 0 Å². The number of methoxy groups -OCH3 is 1. The van der Waals surface area contributed by atoms with Gasteiger partial charge in [0.25, 0.3) is 0 Å². The third kappa shape index (κ3) is 4.35. The fourth-order valence-corrected chi connectivity index (χ4v) is 1.76. The molecule has 1 rings (SSSR count). The normalized spacial score (nSPS) is 12.8. The number of ether oxygens (including phenoxy) is 1. The Morgan fingerprint density at radius 1 is 1.29 bits per heavy atom. The van der Waals surface area contributed by atoms with E-state index >= 15 is 0 Å². The van der Waals surface area contributed by atoms with Gasteiger partial charge >= 0.3 is 0 Å². The Balaban J connectivity index is 2.62. The summed E-state index contributed by atoms with van der Waals surface area (Å²) in [7, 11) is 1.49. The van der Waals surface area contributed by atoms with Crippen LogP contribution in [0.4, 0.5) is 4.39 Å². The Hall–Kier alpha value is -1.09. The van der Waals surface area contributed by atoms with Gasteiger partial charge in [0.15, 0.2) is 11.6 Å². The van der Waals surface area contributed by atoms with Crippen LogP contribution in [0.2, 0.25) is 0 Å². The van der Waals surface area contributed by atoms with E-state index in [2.05, 4.69) is 26.1 Å². The van der Waals surface area contributed by atoms with Gasteiger partial charge in [0.2, 0.25) is 0 Å². The molecular weight excluding hydrogens is 217 g/mol. The van der Waals surface area contributed by atoms with Crippen LogP contribution >= 0.6 is 0 Å². The predicted octanol–water partition coefficient (Wildman–Crippen LogP) is 3.01. The first kappa shape index (κ1) is 14.0. The van der Waals surface area contributed by atoms with Gasteiger partial charge in [-0.2, -0.15) is 0 Å². The highest BCUT2D eigenvalue weighted by Crippen LogP contribution is 2.22. The summed E-state index contributed by atoms with van der Waals surface area (Å²) in [5.74, 6) is 0.497. The van der Waals surface area contributed by atoms with E-state index in [0.717, 1.165) is 18.5 Å². The van der Waals surface area contributed by atoms with Crippen molar-refractivity contribution < 1.29 is 9.13 Å². The lowest BCUT2D eigenvalue weighted by atomic mass is 10.00. The van der Waals surface area contributed by atoms with Crippen molar-refractivity contribution in [2.75, 3.05) is 13.7 Å². The molecule has 1 atom stereocenters. The van der Waals surface area contributed by atoms with Crippen LogP contribution in [-0.4, -0.2) is 19.7 Å². The van der Waals surface area contributed by atoms with Crippen LogP contribution in [-0.2, 0) is 6.42 Å². The molecule has 0 bridgehead atoms. The molecular formula is C14H22FNO. The SMILES string of the molecule is COc1cccc(CC(C)CNC(C)C)c1F. The number of halogens is 1. The summed E-state index contributed by atoms with van der Waals surface area (Å²) in [5, 5.41) is 3.36. The van der Waals surface area contributed by atoms with Crippen molar-refractivity contribution in [3.8, 4) is 5.75 Å². The van der Waals surface area contributed by atoms with Crippen LogP contribution < -0.4 is 10.1 Å². The first-order valence-electron chi connectivity index (χ1n) is 6.09. The third-order valence-electron chi connectivity index (χ3n) is 2.71. The quantitative estimate of drug-likeness (QED) is 0.824. The first-order chi connectivity index (χ1) is 8.04. The Morgan fingerprint density at radius 3 is 2.59 bits per heavy atom. The average molecular weight is 239 g/mol. The highest BCUT2D eigenvalue weighted by atomic mass is 19.1. The molecule has 3 heteroatoms. The van der Waals surface area contributed by atoms with Crippen LogP contribution in [0.5, 0.6) is 5.75 Å². The van der Waals surface area contributed by atoms with Gasteiger partial charge in [-0.1, -0.05) is 32.9 Å². The fraction of sp³-hybridized carbons (Fsp3) is 0.571. The van der Waals surface area contributed by atoms with Crippen molar-refractivity contribution >= 4 is 0 Å². The molecule has 0 aliphatic carbocycles. The average Bonchev–Trinajstić information content (AvgIpc) is 2.29. The van der Waals surface area contributed by atoms with Gasteiger partial charge in [0, 0.05) is 6.04 Å². The summed E-state index contributed by atoms with van der Waals surface area (Å²) in [6.07, 6.45) is 0.725. The van der Waals surface area contributed by atoms with E-state index in [1.54, 1.807) is 6.07 Å². The van der Waals surface area contributed by atoms with Crippen LogP contribution in [0.15, 0.2) is 18.2 Å². The fourth-order valence-electron chi connectivity index (χ4n) is 1.76.